The van der Waals surface area contributed by atoms with Gasteiger partial charge in [0.2, 0.25) is 0 Å². The zero-order valence-corrected chi connectivity index (χ0v) is 13.9. The zero-order valence-electron chi connectivity index (χ0n) is 13.9. The minimum atomic E-state index is -0.972. The van der Waals surface area contributed by atoms with Crippen LogP contribution in [-0.4, -0.2) is 35.9 Å². The normalized spacial score (nSPS) is 20.3. The first-order valence-electron chi connectivity index (χ1n) is 7.60. The van der Waals surface area contributed by atoms with Gasteiger partial charge in [0.15, 0.2) is 0 Å². The molecule has 126 valence electrons. The summed E-state index contributed by atoms with van der Waals surface area (Å²) in [6.07, 6.45) is 0.652. The third-order valence-corrected chi connectivity index (χ3v) is 3.78. The first-order chi connectivity index (χ1) is 10.7. The molecule has 0 heterocycles. The molecule has 1 aliphatic rings. The summed E-state index contributed by atoms with van der Waals surface area (Å²) in [6, 6.07) is 4.92. The highest BCUT2D eigenvalue weighted by molar-refractivity contribution is 5.80. The highest BCUT2D eigenvalue weighted by Gasteiger charge is 2.37. The Morgan fingerprint density at radius 1 is 1.30 bits per heavy atom. The van der Waals surface area contributed by atoms with Crippen LogP contribution in [0.5, 0.6) is 5.75 Å². The number of carbonyl (C=O) groups excluding carboxylic acids is 1. The Hall–Kier alpha value is -2.24. The van der Waals surface area contributed by atoms with Gasteiger partial charge in [0.1, 0.15) is 17.3 Å². The predicted octanol–water partition coefficient (Wildman–Crippen LogP) is 2.70. The van der Waals surface area contributed by atoms with E-state index in [9.17, 15) is 14.7 Å². The standard InChI is InChI=1S/C17H23NO5/c1-17(2,3)23-16(21)18-13-8-6-10-5-7-11(22-4)9-12(10)14(13)15(19)20/h5,7,9,13-14H,6,8H2,1-4H3,(H,18,21)(H,19,20)/t13-,14+/m0/s1. The molecule has 1 aromatic rings. The highest BCUT2D eigenvalue weighted by atomic mass is 16.6. The lowest BCUT2D eigenvalue weighted by molar-refractivity contribution is -0.139. The van der Waals surface area contributed by atoms with Gasteiger partial charge < -0.3 is 19.9 Å². The molecule has 0 spiro atoms. The van der Waals surface area contributed by atoms with Crippen LogP contribution in [0.25, 0.3) is 0 Å². The van der Waals surface area contributed by atoms with Gasteiger partial charge in [-0.2, -0.15) is 0 Å². The van der Waals surface area contributed by atoms with Crippen LogP contribution >= 0.6 is 0 Å². The summed E-state index contributed by atoms with van der Waals surface area (Å²) in [5, 5.41) is 12.3. The van der Waals surface area contributed by atoms with Gasteiger partial charge in [0.05, 0.1) is 7.11 Å². The van der Waals surface area contributed by atoms with Crippen molar-refractivity contribution in [3.8, 4) is 5.75 Å². The number of amides is 1. The Kier molecular flexibility index (Phi) is 4.82. The molecule has 0 bridgehead atoms. The Morgan fingerprint density at radius 2 is 2.00 bits per heavy atom. The molecule has 23 heavy (non-hydrogen) atoms. The minimum Gasteiger partial charge on any atom is -0.497 e. The van der Waals surface area contributed by atoms with Crippen molar-refractivity contribution in [1.29, 1.82) is 0 Å². The molecular formula is C17H23NO5. The summed E-state index contributed by atoms with van der Waals surface area (Å²) in [7, 11) is 1.54. The van der Waals surface area contributed by atoms with E-state index >= 15 is 0 Å². The first-order valence-corrected chi connectivity index (χ1v) is 7.60. The molecule has 2 rings (SSSR count). The second kappa shape index (κ2) is 6.48. The van der Waals surface area contributed by atoms with Crippen molar-refractivity contribution in [2.75, 3.05) is 7.11 Å². The van der Waals surface area contributed by atoms with Crippen LogP contribution in [0.15, 0.2) is 18.2 Å². The van der Waals surface area contributed by atoms with Gasteiger partial charge in [0.25, 0.3) is 0 Å². The fourth-order valence-corrected chi connectivity index (χ4v) is 2.83. The number of hydrogen-bond donors (Lipinski definition) is 2. The van der Waals surface area contributed by atoms with E-state index < -0.39 is 29.6 Å². The van der Waals surface area contributed by atoms with Crippen LogP contribution in [-0.2, 0) is 16.0 Å². The van der Waals surface area contributed by atoms with Crippen molar-refractivity contribution in [3.05, 3.63) is 29.3 Å². The summed E-state index contributed by atoms with van der Waals surface area (Å²) < 4.78 is 10.4. The van der Waals surface area contributed by atoms with E-state index in [0.717, 1.165) is 5.56 Å². The van der Waals surface area contributed by atoms with Gasteiger partial charge in [-0.15, -0.1) is 0 Å². The van der Waals surface area contributed by atoms with E-state index in [1.165, 1.54) is 7.11 Å². The van der Waals surface area contributed by atoms with E-state index in [1.807, 2.05) is 12.1 Å². The summed E-state index contributed by atoms with van der Waals surface area (Å²) in [5.41, 5.74) is 1.03. The zero-order chi connectivity index (χ0) is 17.2. The van der Waals surface area contributed by atoms with Gasteiger partial charge in [-0.25, -0.2) is 4.79 Å². The lowest BCUT2D eigenvalue weighted by atomic mass is 9.79. The Bertz CT molecular complexity index is 605. The SMILES string of the molecule is COc1ccc2c(c1)[C@@H](C(=O)O)[C@@H](NC(=O)OC(C)(C)C)CC2. The average Bonchev–Trinajstić information content (AvgIpc) is 2.43. The van der Waals surface area contributed by atoms with E-state index in [4.69, 9.17) is 9.47 Å². The van der Waals surface area contributed by atoms with Crippen molar-refractivity contribution in [2.45, 2.75) is 51.2 Å². The Balaban J connectivity index is 2.24. The molecule has 0 saturated carbocycles. The number of rotatable bonds is 3. The molecule has 0 radical (unpaired) electrons. The quantitative estimate of drug-likeness (QED) is 0.894. The van der Waals surface area contributed by atoms with Crippen LogP contribution in [0.1, 0.15) is 44.2 Å². The molecule has 2 atom stereocenters. The summed E-state index contributed by atoms with van der Waals surface area (Å²) in [4.78, 5) is 23.7. The molecule has 2 N–H and O–H groups in total. The average molecular weight is 321 g/mol. The van der Waals surface area contributed by atoms with Gasteiger partial charge in [-0.3, -0.25) is 4.79 Å². The number of aryl methyl sites for hydroxylation is 1. The largest absolute Gasteiger partial charge is 0.497 e. The van der Waals surface area contributed by atoms with Crippen molar-refractivity contribution < 1.29 is 24.2 Å². The number of nitrogens with one attached hydrogen (secondary N) is 1. The van der Waals surface area contributed by atoms with Crippen molar-refractivity contribution in [1.82, 2.24) is 5.32 Å². The lowest BCUT2D eigenvalue weighted by Crippen LogP contribution is -2.46. The number of benzene rings is 1. The topological polar surface area (TPSA) is 84.9 Å². The number of aliphatic carboxylic acids is 1. The molecule has 1 aromatic carbocycles. The molecular weight excluding hydrogens is 298 g/mol. The van der Waals surface area contributed by atoms with E-state index in [1.54, 1.807) is 26.8 Å². The van der Waals surface area contributed by atoms with Crippen LogP contribution in [0.4, 0.5) is 4.79 Å². The number of ether oxygens (including phenoxy) is 2. The lowest BCUT2D eigenvalue weighted by Gasteiger charge is -2.32. The van der Waals surface area contributed by atoms with Crippen LogP contribution in [0.2, 0.25) is 0 Å². The summed E-state index contributed by atoms with van der Waals surface area (Å²) in [5.74, 6) is -1.19. The monoisotopic (exact) mass is 321 g/mol. The number of fused-ring (bicyclic) bond motifs is 1. The predicted molar refractivity (Wildman–Crippen MR) is 84.8 cm³/mol. The molecule has 0 saturated heterocycles. The van der Waals surface area contributed by atoms with E-state index in [2.05, 4.69) is 5.32 Å². The highest BCUT2D eigenvalue weighted by Crippen LogP contribution is 2.34. The molecule has 1 amide bonds. The van der Waals surface area contributed by atoms with E-state index in [0.29, 0.717) is 24.2 Å². The van der Waals surface area contributed by atoms with Crippen LogP contribution in [0, 0.1) is 0 Å². The number of hydrogen-bond acceptors (Lipinski definition) is 4. The fourth-order valence-electron chi connectivity index (χ4n) is 2.83. The second-order valence-corrected chi connectivity index (χ2v) is 6.67. The van der Waals surface area contributed by atoms with Crippen molar-refractivity contribution in [3.63, 3.8) is 0 Å². The number of alkyl carbamates (subject to hydrolysis) is 1. The Labute approximate surface area is 135 Å². The van der Waals surface area contributed by atoms with E-state index in [-0.39, 0.29) is 0 Å². The van der Waals surface area contributed by atoms with Gasteiger partial charge in [-0.05, 0) is 56.9 Å². The maximum Gasteiger partial charge on any atom is 0.407 e. The summed E-state index contributed by atoms with van der Waals surface area (Å²) >= 11 is 0. The number of carboxylic acid groups (broad SMARTS) is 1. The summed E-state index contributed by atoms with van der Waals surface area (Å²) in [6.45, 7) is 5.30. The van der Waals surface area contributed by atoms with Gasteiger partial charge in [-0.1, -0.05) is 6.07 Å². The molecule has 0 fully saturated rings. The molecule has 0 unspecified atom stereocenters. The maximum atomic E-state index is 12.0. The van der Waals surface area contributed by atoms with Crippen molar-refractivity contribution >= 4 is 12.1 Å². The number of carboxylic acids is 1. The molecule has 6 nitrogen and oxygen atoms in total. The molecule has 1 aliphatic carbocycles. The fraction of sp³-hybridized carbons (Fsp3) is 0.529. The van der Waals surface area contributed by atoms with Crippen LogP contribution < -0.4 is 10.1 Å². The smallest absolute Gasteiger partial charge is 0.407 e. The maximum absolute atomic E-state index is 12.0. The van der Waals surface area contributed by atoms with Crippen molar-refractivity contribution in [2.24, 2.45) is 0 Å². The van der Waals surface area contributed by atoms with Gasteiger partial charge in [0, 0.05) is 6.04 Å². The van der Waals surface area contributed by atoms with Crippen LogP contribution in [0.3, 0.4) is 0 Å². The first kappa shape index (κ1) is 17.1. The minimum absolute atomic E-state index is 0.512. The number of methoxy groups -OCH3 is 1. The molecule has 0 aromatic heterocycles. The number of carbonyl (C=O) groups is 2. The third kappa shape index (κ3) is 4.15. The molecule has 6 heteroatoms. The van der Waals surface area contributed by atoms with Gasteiger partial charge >= 0.3 is 12.1 Å². The molecule has 0 aliphatic heterocycles. The third-order valence-electron chi connectivity index (χ3n) is 3.78. The Morgan fingerprint density at radius 3 is 2.57 bits per heavy atom. The second-order valence-electron chi connectivity index (χ2n) is 6.67.